The molecule has 0 atom stereocenters. The molecular weight excluding hydrogens is 344 g/mol. The highest BCUT2D eigenvalue weighted by Crippen LogP contribution is 2.34. The number of benzene rings is 1. The number of nitrogens with one attached hydrogen (secondary N) is 1. The van der Waals surface area contributed by atoms with Crippen LogP contribution in [-0.2, 0) is 16.0 Å². The van der Waals surface area contributed by atoms with Crippen molar-refractivity contribution in [2.45, 2.75) is 19.3 Å². The Balaban J connectivity index is 1.72. The average Bonchev–Trinajstić information content (AvgIpc) is 3.02. The van der Waals surface area contributed by atoms with Crippen LogP contribution < -0.4 is 15.1 Å². The fraction of sp³-hybridized carbons (Fsp3) is 0.294. The third kappa shape index (κ3) is 2.70. The van der Waals surface area contributed by atoms with Gasteiger partial charge in [0.15, 0.2) is 0 Å². The summed E-state index contributed by atoms with van der Waals surface area (Å²) in [5.41, 5.74) is 4.40. The lowest BCUT2D eigenvalue weighted by Crippen LogP contribution is -2.39. The van der Waals surface area contributed by atoms with Crippen molar-refractivity contribution in [2.24, 2.45) is 5.10 Å². The first-order chi connectivity index (χ1) is 12.1. The predicted octanol–water partition coefficient (Wildman–Crippen LogP) is 2.05. The van der Waals surface area contributed by atoms with Crippen LogP contribution in [0, 0.1) is 0 Å². The molecule has 25 heavy (non-hydrogen) atoms. The Hall–Kier alpha value is -2.67. The minimum Gasteiger partial charge on any atom is -0.495 e. The monoisotopic (exact) mass is 358 g/mol. The maximum atomic E-state index is 12.7. The zero-order valence-electron chi connectivity index (χ0n) is 13.5. The molecule has 0 fully saturated rings. The van der Waals surface area contributed by atoms with Crippen molar-refractivity contribution in [3.8, 4) is 5.75 Å². The number of hydrazone groups is 1. The maximum Gasteiger partial charge on any atom is 0.275 e. The first-order valence-electron chi connectivity index (χ1n) is 7.91. The standard InChI is InChI=1S/C17H15ClN4O3/c1-25-14-7-10-6-9-4-5-22(16(9)19-13(10)8-11(14)18)17(24)12-2-3-15(23)21-20-12/h6-8H,2-5H2,1H3,(H,21,23). The molecule has 3 heterocycles. The van der Waals surface area contributed by atoms with Crippen molar-refractivity contribution >= 4 is 45.8 Å². The van der Waals surface area contributed by atoms with Gasteiger partial charge in [-0.15, -0.1) is 0 Å². The van der Waals surface area contributed by atoms with Crippen LogP contribution in [0.1, 0.15) is 18.4 Å². The number of pyridine rings is 1. The first-order valence-corrected chi connectivity index (χ1v) is 8.29. The van der Waals surface area contributed by atoms with Gasteiger partial charge in [-0.1, -0.05) is 11.6 Å². The number of carbonyl (C=O) groups excluding carboxylic acids is 2. The van der Waals surface area contributed by atoms with Gasteiger partial charge in [0.05, 0.1) is 17.6 Å². The van der Waals surface area contributed by atoms with Gasteiger partial charge in [-0.05, 0) is 30.2 Å². The number of hydrogen-bond donors (Lipinski definition) is 1. The van der Waals surface area contributed by atoms with Crippen LogP contribution in [0.15, 0.2) is 23.3 Å². The number of ether oxygens (including phenoxy) is 1. The van der Waals surface area contributed by atoms with E-state index >= 15 is 0 Å². The molecular formula is C17H15ClN4O3. The lowest BCUT2D eigenvalue weighted by Gasteiger charge is -2.19. The van der Waals surface area contributed by atoms with Crippen LogP contribution in [-0.4, -0.2) is 36.2 Å². The smallest absolute Gasteiger partial charge is 0.275 e. The summed E-state index contributed by atoms with van der Waals surface area (Å²) >= 11 is 6.18. The Kier molecular flexibility index (Phi) is 3.80. The molecule has 8 heteroatoms. The molecule has 2 aliphatic rings. The Bertz CT molecular complexity index is 941. The molecule has 0 spiro atoms. The van der Waals surface area contributed by atoms with Crippen molar-refractivity contribution in [3.63, 3.8) is 0 Å². The molecule has 0 saturated heterocycles. The summed E-state index contributed by atoms with van der Waals surface area (Å²) in [5, 5.41) is 5.27. The topological polar surface area (TPSA) is 83.9 Å². The average molecular weight is 359 g/mol. The van der Waals surface area contributed by atoms with E-state index < -0.39 is 0 Å². The zero-order valence-corrected chi connectivity index (χ0v) is 14.3. The van der Waals surface area contributed by atoms with E-state index in [2.05, 4.69) is 15.5 Å². The second-order valence-corrected chi connectivity index (χ2v) is 6.36. The second-order valence-electron chi connectivity index (χ2n) is 5.95. The van der Waals surface area contributed by atoms with Gasteiger partial charge < -0.3 is 4.74 Å². The Morgan fingerprint density at radius 1 is 1.28 bits per heavy atom. The summed E-state index contributed by atoms with van der Waals surface area (Å²) < 4.78 is 5.25. The fourth-order valence-electron chi connectivity index (χ4n) is 3.10. The summed E-state index contributed by atoms with van der Waals surface area (Å²) in [6, 6.07) is 5.58. The van der Waals surface area contributed by atoms with Crippen molar-refractivity contribution < 1.29 is 14.3 Å². The molecule has 0 aliphatic carbocycles. The van der Waals surface area contributed by atoms with Crippen LogP contribution >= 0.6 is 11.6 Å². The largest absolute Gasteiger partial charge is 0.495 e. The number of aromatic nitrogens is 1. The molecule has 7 nitrogen and oxygen atoms in total. The number of hydrogen-bond acceptors (Lipinski definition) is 5. The molecule has 0 radical (unpaired) electrons. The molecule has 1 N–H and O–H groups in total. The SMILES string of the molecule is COc1cc2cc3c(nc2cc1Cl)N(C(=O)C1=NNC(=O)CC1)CC3. The van der Waals surface area contributed by atoms with Crippen LogP contribution in [0.4, 0.5) is 5.82 Å². The summed E-state index contributed by atoms with van der Waals surface area (Å²) in [4.78, 5) is 30.2. The minimum atomic E-state index is -0.217. The molecule has 2 aromatic rings. The predicted molar refractivity (Wildman–Crippen MR) is 94.2 cm³/mol. The third-order valence-corrected chi connectivity index (χ3v) is 4.70. The number of halogens is 1. The highest BCUT2D eigenvalue weighted by Gasteiger charge is 2.31. The van der Waals surface area contributed by atoms with E-state index in [4.69, 9.17) is 16.3 Å². The lowest BCUT2D eigenvalue weighted by molar-refractivity contribution is -0.121. The Labute approximate surface area is 148 Å². The highest BCUT2D eigenvalue weighted by atomic mass is 35.5. The van der Waals surface area contributed by atoms with Gasteiger partial charge in [-0.25, -0.2) is 10.4 Å². The number of rotatable bonds is 2. The molecule has 2 amide bonds. The van der Waals surface area contributed by atoms with E-state index in [-0.39, 0.29) is 18.2 Å². The quantitative estimate of drug-likeness (QED) is 0.890. The van der Waals surface area contributed by atoms with Gasteiger partial charge >= 0.3 is 0 Å². The second kappa shape index (κ2) is 6.00. The van der Waals surface area contributed by atoms with Gasteiger partial charge in [-0.2, -0.15) is 5.10 Å². The summed E-state index contributed by atoms with van der Waals surface area (Å²) in [5.74, 6) is 0.823. The number of anilines is 1. The maximum absolute atomic E-state index is 12.7. The molecule has 0 saturated carbocycles. The van der Waals surface area contributed by atoms with Gasteiger partial charge in [-0.3, -0.25) is 14.5 Å². The van der Waals surface area contributed by atoms with E-state index in [1.807, 2.05) is 12.1 Å². The van der Waals surface area contributed by atoms with E-state index in [1.54, 1.807) is 18.1 Å². The van der Waals surface area contributed by atoms with Gasteiger partial charge in [0, 0.05) is 24.8 Å². The molecule has 1 aromatic heterocycles. The molecule has 128 valence electrons. The normalized spacial score (nSPS) is 16.5. The van der Waals surface area contributed by atoms with E-state index in [1.165, 1.54) is 0 Å². The van der Waals surface area contributed by atoms with E-state index in [0.717, 1.165) is 10.9 Å². The van der Waals surface area contributed by atoms with Crippen LogP contribution in [0.25, 0.3) is 10.9 Å². The fourth-order valence-corrected chi connectivity index (χ4v) is 3.34. The number of carbonyl (C=O) groups is 2. The Morgan fingerprint density at radius 2 is 2.12 bits per heavy atom. The molecule has 1 aromatic carbocycles. The summed E-state index contributed by atoms with van der Waals surface area (Å²) in [6.45, 7) is 0.537. The van der Waals surface area contributed by atoms with E-state index in [0.29, 0.717) is 47.2 Å². The highest BCUT2D eigenvalue weighted by molar-refractivity contribution is 6.44. The summed E-state index contributed by atoms with van der Waals surface area (Å²) in [6.07, 6.45) is 1.33. The minimum absolute atomic E-state index is 0.175. The number of methoxy groups -OCH3 is 1. The van der Waals surface area contributed by atoms with Crippen molar-refractivity contribution in [1.82, 2.24) is 10.4 Å². The number of nitrogens with zero attached hydrogens (tertiary/aromatic N) is 3. The number of fused-ring (bicyclic) bond motifs is 2. The van der Waals surface area contributed by atoms with Gasteiger partial charge in [0.1, 0.15) is 17.3 Å². The van der Waals surface area contributed by atoms with Crippen LogP contribution in [0.5, 0.6) is 5.75 Å². The summed E-state index contributed by atoms with van der Waals surface area (Å²) in [7, 11) is 1.57. The first kappa shape index (κ1) is 15.8. The van der Waals surface area contributed by atoms with Crippen LogP contribution in [0.3, 0.4) is 0 Å². The number of amides is 2. The zero-order chi connectivity index (χ0) is 17.6. The van der Waals surface area contributed by atoms with Crippen LogP contribution in [0.2, 0.25) is 5.02 Å². The van der Waals surface area contributed by atoms with Gasteiger partial charge in [0.2, 0.25) is 5.91 Å². The Morgan fingerprint density at radius 3 is 2.84 bits per heavy atom. The third-order valence-electron chi connectivity index (χ3n) is 4.40. The van der Waals surface area contributed by atoms with Crippen molar-refractivity contribution in [3.05, 3.63) is 28.8 Å². The lowest BCUT2D eigenvalue weighted by atomic mass is 10.1. The molecule has 4 rings (SSSR count). The van der Waals surface area contributed by atoms with Gasteiger partial charge in [0.25, 0.3) is 5.91 Å². The molecule has 0 unspecified atom stereocenters. The van der Waals surface area contributed by atoms with Crippen molar-refractivity contribution in [2.75, 3.05) is 18.6 Å². The van der Waals surface area contributed by atoms with E-state index in [9.17, 15) is 9.59 Å². The molecule has 0 bridgehead atoms. The molecule has 2 aliphatic heterocycles. The van der Waals surface area contributed by atoms with Crippen molar-refractivity contribution in [1.29, 1.82) is 0 Å².